The van der Waals surface area contributed by atoms with Gasteiger partial charge in [0.05, 0.1) is 10.9 Å². The van der Waals surface area contributed by atoms with Gasteiger partial charge < -0.3 is 9.42 Å². The highest BCUT2D eigenvalue weighted by Crippen LogP contribution is 2.30. The zero-order valence-electron chi connectivity index (χ0n) is 14.7. The zero-order chi connectivity index (χ0) is 19.0. The SMILES string of the molecule is Cc1ccccc1-c1noc(C2CC(=O)N(Cc3ccc(F)c(Cl)c3)C2)n1. The van der Waals surface area contributed by atoms with Crippen molar-refractivity contribution in [1.82, 2.24) is 15.0 Å². The first kappa shape index (κ1) is 17.7. The lowest BCUT2D eigenvalue weighted by atomic mass is 10.1. The van der Waals surface area contributed by atoms with Crippen LogP contribution in [0.2, 0.25) is 5.02 Å². The number of likely N-dealkylation sites (tertiary alicyclic amines) is 1. The lowest BCUT2D eigenvalue weighted by Gasteiger charge is -2.16. The Morgan fingerprint density at radius 1 is 1.30 bits per heavy atom. The van der Waals surface area contributed by atoms with Gasteiger partial charge in [-0.25, -0.2) is 4.39 Å². The van der Waals surface area contributed by atoms with Gasteiger partial charge in [-0.15, -0.1) is 0 Å². The lowest BCUT2D eigenvalue weighted by molar-refractivity contribution is -0.128. The van der Waals surface area contributed by atoms with E-state index in [4.69, 9.17) is 16.1 Å². The summed E-state index contributed by atoms with van der Waals surface area (Å²) < 4.78 is 18.7. The second-order valence-electron chi connectivity index (χ2n) is 6.69. The summed E-state index contributed by atoms with van der Waals surface area (Å²) in [5, 5.41) is 4.12. The van der Waals surface area contributed by atoms with Crippen LogP contribution >= 0.6 is 11.6 Å². The van der Waals surface area contributed by atoms with Crippen LogP contribution in [0.5, 0.6) is 0 Å². The molecule has 138 valence electrons. The minimum Gasteiger partial charge on any atom is -0.339 e. The summed E-state index contributed by atoms with van der Waals surface area (Å²) in [5.74, 6) is 0.357. The van der Waals surface area contributed by atoms with Crippen LogP contribution in [0.1, 0.15) is 29.4 Å². The van der Waals surface area contributed by atoms with Crippen molar-refractivity contribution in [1.29, 1.82) is 0 Å². The van der Waals surface area contributed by atoms with E-state index < -0.39 is 5.82 Å². The highest BCUT2D eigenvalue weighted by Gasteiger charge is 2.34. The highest BCUT2D eigenvalue weighted by molar-refractivity contribution is 6.30. The Hall–Kier alpha value is -2.73. The predicted octanol–water partition coefficient (Wildman–Crippen LogP) is 4.35. The number of aromatic nitrogens is 2. The molecule has 1 aromatic heterocycles. The Balaban J connectivity index is 1.49. The number of carbonyl (C=O) groups is 1. The normalized spacial score (nSPS) is 16.9. The fraction of sp³-hybridized carbons (Fsp3) is 0.250. The van der Waals surface area contributed by atoms with Crippen molar-refractivity contribution < 1.29 is 13.7 Å². The Kier molecular flexibility index (Phi) is 4.66. The van der Waals surface area contributed by atoms with Crippen LogP contribution in [-0.4, -0.2) is 27.5 Å². The van der Waals surface area contributed by atoms with Gasteiger partial charge in [0, 0.05) is 25.1 Å². The van der Waals surface area contributed by atoms with Crippen molar-refractivity contribution in [2.45, 2.75) is 25.8 Å². The van der Waals surface area contributed by atoms with Gasteiger partial charge in [0.2, 0.25) is 17.6 Å². The van der Waals surface area contributed by atoms with Crippen LogP contribution in [0.15, 0.2) is 47.0 Å². The molecule has 4 rings (SSSR count). The molecular formula is C20H17ClFN3O2. The smallest absolute Gasteiger partial charge is 0.232 e. The molecule has 7 heteroatoms. The third kappa shape index (κ3) is 3.57. The molecule has 2 heterocycles. The largest absolute Gasteiger partial charge is 0.339 e. The molecule has 3 aromatic rings. The Labute approximate surface area is 160 Å². The zero-order valence-corrected chi connectivity index (χ0v) is 15.4. The van der Waals surface area contributed by atoms with Crippen molar-refractivity contribution in [2.75, 3.05) is 6.54 Å². The van der Waals surface area contributed by atoms with Gasteiger partial charge >= 0.3 is 0 Å². The average Bonchev–Trinajstić information content (AvgIpc) is 3.26. The van der Waals surface area contributed by atoms with Gasteiger partial charge in [0.1, 0.15) is 5.82 Å². The van der Waals surface area contributed by atoms with Crippen molar-refractivity contribution in [2.24, 2.45) is 0 Å². The van der Waals surface area contributed by atoms with Crippen LogP contribution in [-0.2, 0) is 11.3 Å². The topological polar surface area (TPSA) is 59.2 Å². The fourth-order valence-electron chi connectivity index (χ4n) is 3.28. The Morgan fingerprint density at radius 3 is 2.89 bits per heavy atom. The molecule has 2 aromatic carbocycles. The average molecular weight is 386 g/mol. The molecule has 0 N–H and O–H groups in total. The summed E-state index contributed by atoms with van der Waals surface area (Å²) in [5.41, 5.74) is 2.75. The molecule has 27 heavy (non-hydrogen) atoms. The third-order valence-corrected chi connectivity index (χ3v) is 5.04. The molecule has 0 aliphatic carbocycles. The summed E-state index contributed by atoms with van der Waals surface area (Å²) in [7, 11) is 0. The monoisotopic (exact) mass is 385 g/mol. The van der Waals surface area contributed by atoms with Crippen molar-refractivity contribution in [3.63, 3.8) is 0 Å². The van der Waals surface area contributed by atoms with Crippen molar-refractivity contribution in [3.05, 3.63) is 70.3 Å². The molecule has 0 spiro atoms. The number of benzene rings is 2. The minimum absolute atomic E-state index is 0.00362. The number of nitrogens with zero attached hydrogens (tertiary/aromatic N) is 3. The van der Waals surface area contributed by atoms with Gasteiger partial charge in [-0.3, -0.25) is 4.79 Å². The maximum Gasteiger partial charge on any atom is 0.232 e. The summed E-state index contributed by atoms with van der Waals surface area (Å²) in [6, 6.07) is 12.3. The summed E-state index contributed by atoms with van der Waals surface area (Å²) in [4.78, 5) is 18.6. The molecule has 1 aliphatic rings. The van der Waals surface area contributed by atoms with E-state index in [1.807, 2.05) is 31.2 Å². The number of aryl methyl sites for hydroxylation is 1. The number of carbonyl (C=O) groups excluding carboxylic acids is 1. The van der Waals surface area contributed by atoms with E-state index in [2.05, 4.69) is 10.1 Å². The third-order valence-electron chi connectivity index (χ3n) is 4.75. The molecule has 0 radical (unpaired) electrons. The number of rotatable bonds is 4. The van der Waals surface area contributed by atoms with Crippen LogP contribution in [0.4, 0.5) is 4.39 Å². The van der Waals surface area contributed by atoms with Gasteiger partial charge in [-0.2, -0.15) is 4.98 Å². The number of hydrogen-bond acceptors (Lipinski definition) is 4. The van der Waals surface area contributed by atoms with Crippen LogP contribution in [0.3, 0.4) is 0 Å². The maximum absolute atomic E-state index is 13.3. The van der Waals surface area contributed by atoms with E-state index in [9.17, 15) is 9.18 Å². The van der Waals surface area contributed by atoms with E-state index in [1.165, 1.54) is 6.07 Å². The van der Waals surface area contributed by atoms with Gasteiger partial charge in [0.25, 0.3) is 0 Å². The molecule has 5 nitrogen and oxygen atoms in total. The first-order valence-corrected chi connectivity index (χ1v) is 9.00. The Morgan fingerprint density at radius 2 is 2.11 bits per heavy atom. The summed E-state index contributed by atoms with van der Waals surface area (Å²) >= 11 is 5.82. The molecule has 0 bridgehead atoms. The lowest BCUT2D eigenvalue weighted by Crippen LogP contribution is -2.24. The van der Waals surface area contributed by atoms with E-state index >= 15 is 0 Å². The number of amides is 1. The standard InChI is InChI=1S/C20H17ClFN3O2/c1-12-4-2-3-5-15(12)19-23-20(27-24-19)14-9-18(26)25(11-14)10-13-6-7-17(22)16(21)8-13/h2-8,14H,9-11H2,1H3. The van der Waals surface area contributed by atoms with Gasteiger partial charge in [0.15, 0.2) is 0 Å². The van der Waals surface area contributed by atoms with Gasteiger partial charge in [-0.1, -0.05) is 47.1 Å². The molecule has 1 fully saturated rings. The van der Waals surface area contributed by atoms with E-state index in [1.54, 1.807) is 17.0 Å². The predicted molar refractivity (Wildman–Crippen MR) is 98.7 cm³/mol. The van der Waals surface area contributed by atoms with Crippen molar-refractivity contribution in [3.8, 4) is 11.4 Å². The first-order chi connectivity index (χ1) is 13.0. The second kappa shape index (κ2) is 7.12. The minimum atomic E-state index is -0.472. The van der Waals surface area contributed by atoms with E-state index in [-0.39, 0.29) is 16.8 Å². The molecular weight excluding hydrogens is 369 g/mol. The van der Waals surface area contributed by atoms with Crippen LogP contribution in [0.25, 0.3) is 11.4 Å². The van der Waals surface area contributed by atoms with Crippen molar-refractivity contribution >= 4 is 17.5 Å². The molecule has 1 atom stereocenters. The number of halogens is 2. The molecule has 1 saturated heterocycles. The Bertz CT molecular complexity index is 1000. The van der Waals surface area contributed by atoms with Gasteiger partial charge in [-0.05, 0) is 30.2 Å². The molecule has 1 amide bonds. The summed E-state index contributed by atoms with van der Waals surface area (Å²) in [6.07, 6.45) is 0.310. The van der Waals surface area contributed by atoms with Crippen LogP contribution in [0, 0.1) is 12.7 Å². The molecule has 1 aliphatic heterocycles. The first-order valence-electron chi connectivity index (χ1n) is 8.62. The van der Waals surface area contributed by atoms with Crippen LogP contribution < -0.4 is 0 Å². The van der Waals surface area contributed by atoms with E-state index in [0.717, 1.165) is 16.7 Å². The molecule has 1 unspecified atom stereocenters. The fourth-order valence-corrected chi connectivity index (χ4v) is 3.49. The van der Waals surface area contributed by atoms with E-state index in [0.29, 0.717) is 31.2 Å². The molecule has 0 saturated carbocycles. The second-order valence-corrected chi connectivity index (χ2v) is 7.10. The summed E-state index contributed by atoms with van der Waals surface area (Å²) in [6.45, 7) is 2.83. The number of hydrogen-bond donors (Lipinski definition) is 0. The maximum atomic E-state index is 13.3. The quantitative estimate of drug-likeness (QED) is 0.669. The highest BCUT2D eigenvalue weighted by atomic mass is 35.5.